The van der Waals surface area contributed by atoms with Crippen LogP contribution in [0.25, 0.3) is 5.78 Å². The third-order valence-electron chi connectivity index (χ3n) is 5.36. The van der Waals surface area contributed by atoms with Crippen LogP contribution in [0.2, 0.25) is 0 Å². The Hall–Kier alpha value is -2.70. The van der Waals surface area contributed by atoms with E-state index >= 15 is 0 Å². The van der Waals surface area contributed by atoms with Crippen LogP contribution >= 0.6 is 0 Å². The molecule has 1 aliphatic carbocycles. The molecular formula is C19H21FN6. The van der Waals surface area contributed by atoms with Crippen molar-refractivity contribution < 1.29 is 4.39 Å². The monoisotopic (exact) mass is 352 g/mol. The highest BCUT2D eigenvalue weighted by Crippen LogP contribution is 2.32. The van der Waals surface area contributed by atoms with Gasteiger partial charge in [0.15, 0.2) is 0 Å². The van der Waals surface area contributed by atoms with Crippen molar-refractivity contribution in [1.82, 2.24) is 19.6 Å². The van der Waals surface area contributed by atoms with Gasteiger partial charge >= 0.3 is 0 Å². The fraction of sp³-hybridized carbons (Fsp3) is 0.421. The maximum atomic E-state index is 14.1. The Labute approximate surface area is 151 Å². The first-order valence-electron chi connectivity index (χ1n) is 9.20. The Morgan fingerprint density at radius 1 is 0.962 bits per heavy atom. The minimum Gasteiger partial charge on any atom is -0.366 e. The average Bonchev–Trinajstić information content (AvgIpc) is 3.25. The third kappa shape index (κ3) is 2.41. The molecule has 0 bridgehead atoms. The summed E-state index contributed by atoms with van der Waals surface area (Å²) in [5, 5.41) is 4.58. The van der Waals surface area contributed by atoms with Crippen molar-refractivity contribution in [3.8, 4) is 0 Å². The van der Waals surface area contributed by atoms with Gasteiger partial charge in [-0.1, -0.05) is 12.1 Å². The lowest BCUT2D eigenvalue weighted by atomic mass is 10.2. The Morgan fingerprint density at radius 3 is 2.54 bits per heavy atom. The number of fused-ring (bicyclic) bond motifs is 2. The number of piperazine rings is 1. The first-order valence-corrected chi connectivity index (χ1v) is 9.20. The molecule has 0 atom stereocenters. The topological polar surface area (TPSA) is 49.6 Å². The molecule has 134 valence electrons. The number of nitrogens with zero attached hydrogens (tertiary/aromatic N) is 6. The van der Waals surface area contributed by atoms with E-state index in [1.54, 1.807) is 6.07 Å². The van der Waals surface area contributed by atoms with Crippen LogP contribution in [0.1, 0.15) is 23.5 Å². The number of hydrogen-bond donors (Lipinski definition) is 0. The number of rotatable bonds is 2. The summed E-state index contributed by atoms with van der Waals surface area (Å²) < 4.78 is 16.0. The molecule has 2 aromatic heterocycles. The lowest BCUT2D eigenvalue weighted by Gasteiger charge is -2.38. The van der Waals surface area contributed by atoms with Gasteiger partial charge in [-0.3, -0.25) is 0 Å². The van der Waals surface area contributed by atoms with Crippen LogP contribution in [0.4, 0.5) is 15.9 Å². The average molecular weight is 352 g/mol. The van der Waals surface area contributed by atoms with Crippen LogP contribution in [0.5, 0.6) is 0 Å². The van der Waals surface area contributed by atoms with Gasteiger partial charge in [0, 0.05) is 31.7 Å². The van der Waals surface area contributed by atoms with E-state index in [4.69, 9.17) is 4.98 Å². The zero-order valence-electron chi connectivity index (χ0n) is 14.8. The van der Waals surface area contributed by atoms with Crippen LogP contribution in [0.15, 0.2) is 24.3 Å². The summed E-state index contributed by atoms with van der Waals surface area (Å²) in [6.45, 7) is 5.14. The molecule has 1 saturated heterocycles. The molecular weight excluding hydrogens is 331 g/mol. The van der Waals surface area contributed by atoms with Gasteiger partial charge in [-0.15, -0.1) is 5.10 Å². The van der Waals surface area contributed by atoms with Crippen molar-refractivity contribution in [3.63, 3.8) is 0 Å². The maximum Gasteiger partial charge on any atom is 0.254 e. The van der Waals surface area contributed by atoms with Crippen molar-refractivity contribution >= 4 is 17.3 Å². The van der Waals surface area contributed by atoms with E-state index in [1.165, 1.54) is 11.6 Å². The zero-order chi connectivity index (χ0) is 17.7. The first-order chi connectivity index (χ1) is 12.7. The molecule has 0 unspecified atom stereocenters. The summed E-state index contributed by atoms with van der Waals surface area (Å²) in [5.74, 6) is 2.42. The van der Waals surface area contributed by atoms with Crippen molar-refractivity contribution in [2.75, 3.05) is 36.0 Å². The highest BCUT2D eigenvalue weighted by molar-refractivity contribution is 5.58. The zero-order valence-corrected chi connectivity index (χ0v) is 14.8. The van der Waals surface area contributed by atoms with Crippen LogP contribution in [0, 0.1) is 12.7 Å². The fourth-order valence-electron chi connectivity index (χ4n) is 4.15. The summed E-state index contributed by atoms with van der Waals surface area (Å²) in [7, 11) is 0. The normalized spacial score (nSPS) is 17.2. The molecule has 7 heteroatoms. The Kier molecular flexibility index (Phi) is 3.55. The number of anilines is 2. The predicted octanol–water partition coefficient (Wildman–Crippen LogP) is 2.39. The molecule has 1 aliphatic heterocycles. The number of hydrogen-bond acceptors (Lipinski definition) is 5. The fourth-order valence-corrected chi connectivity index (χ4v) is 4.15. The second kappa shape index (κ2) is 5.93. The number of aromatic nitrogens is 4. The van der Waals surface area contributed by atoms with E-state index in [0.29, 0.717) is 11.5 Å². The summed E-state index contributed by atoms with van der Waals surface area (Å²) in [6.07, 6.45) is 3.19. The van der Waals surface area contributed by atoms with Crippen LogP contribution in [0.3, 0.4) is 0 Å². The van der Waals surface area contributed by atoms with E-state index in [2.05, 4.69) is 19.9 Å². The molecule has 2 aliphatic rings. The molecule has 3 heterocycles. The van der Waals surface area contributed by atoms with Crippen LogP contribution in [-0.4, -0.2) is 45.8 Å². The molecule has 0 saturated carbocycles. The Balaban J connectivity index is 1.48. The lowest BCUT2D eigenvalue weighted by Crippen LogP contribution is -2.47. The van der Waals surface area contributed by atoms with Gasteiger partial charge in [0.1, 0.15) is 17.5 Å². The van der Waals surface area contributed by atoms with E-state index in [1.807, 2.05) is 23.6 Å². The van der Waals surface area contributed by atoms with Crippen molar-refractivity contribution in [3.05, 3.63) is 47.2 Å². The summed E-state index contributed by atoms with van der Waals surface area (Å²) >= 11 is 0. The molecule has 0 radical (unpaired) electrons. The minimum atomic E-state index is -0.153. The van der Waals surface area contributed by atoms with Gasteiger partial charge < -0.3 is 9.80 Å². The van der Waals surface area contributed by atoms with E-state index in [-0.39, 0.29) is 5.82 Å². The smallest absolute Gasteiger partial charge is 0.254 e. The molecule has 26 heavy (non-hydrogen) atoms. The summed E-state index contributed by atoms with van der Waals surface area (Å²) in [6, 6.07) is 7.01. The molecule has 0 amide bonds. The highest BCUT2D eigenvalue weighted by atomic mass is 19.1. The molecule has 1 aromatic carbocycles. The Morgan fingerprint density at radius 2 is 1.73 bits per heavy atom. The number of aryl methyl sites for hydroxylation is 2. The van der Waals surface area contributed by atoms with E-state index in [9.17, 15) is 4.39 Å². The van der Waals surface area contributed by atoms with Gasteiger partial charge in [-0.05, 0) is 38.3 Å². The van der Waals surface area contributed by atoms with Gasteiger partial charge in [-0.25, -0.2) is 9.37 Å². The molecule has 0 N–H and O–H groups in total. The molecule has 0 spiro atoms. The highest BCUT2D eigenvalue weighted by Gasteiger charge is 2.28. The largest absolute Gasteiger partial charge is 0.366 e. The standard InChI is InChI=1S/C19H21FN6/c1-13-21-19-22-16-7-4-5-14(16)18(26(19)23-13)25-11-9-24(10-12-25)17-8-3-2-6-15(17)20/h2-3,6,8H,4-5,7,9-12H2,1H3. The van der Waals surface area contributed by atoms with Gasteiger partial charge in [0.25, 0.3) is 5.78 Å². The number of halogens is 1. The van der Waals surface area contributed by atoms with Gasteiger partial charge in [0.05, 0.1) is 11.4 Å². The van der Waals surface area contributed by atoms with Gasteiger partial charge in [0.2, 0.25) is 0 Å². The molecule has 1 fully saturated rings. The van der Waals surface area contributed by atoms with Crippen molar-refractivity contribution in [1.29, 1.82) is 0 Å². The maximum absolute atomic E-state index is 14.1. The van der Waals surface area contributed by atoms with Gasteiger partial charge in [-0.2, -0.15) is 9.50 Å². The second-order valence-electron chi connectivity index (χ2n) is 7.01. The van der Waals surface area contributed by atoms with E-state index in [0.717, 1.165) is 62.8 Å². The minimum absolute atomic E-state index is 0.153. The summed E-state index contributed by atoms with van der Waals surface area (Å²) in [5.41, 5.74) is 3.16. The molecule has 5 rings (SSSR count). The number of benzene rings is 1. The summed E-state index contributed by atoms with van der Waals surface area (Å²) in [4.78, 5) is 13.7. The number of para-hydroxylation sites is 1. The third-order valence-corrected chi connectivity index (χ3v) is 5.36. The Bertz CT molecular complexity index is 974. The quantitative estimate of drug-likeness (QED) is 0.709. The first kappa shape index (κ1) is 15.5. The van der Waals surface area contributed by atoms with Crippen LogP contribution < -0.4 is 9.80 Å². The second-order valence-corrected chi connectivity index (χ2v) is 7.01. The molecule has 3 aromatic rings. The van der Waals surface area contributed by atoms with E-state index < -0.39 is 0 Å². The van der Waals surface area contributed by atoms with Crippen molar-refractivity contribution in [2.45, 2.75) is 26.2 Å². The lowest BCUT2D eigenvalue weighted by molar-refractivity contribution is 0.592. The van der Waals surface area contributed by atoms with Crippen molar-refractivity contribution in [2.24, 2.45) is 0 Å². The predicted molar refractivity (Wildman–Crippen MR) is 98.4 cm³/mol. The van der Waals surface area contributed by atoms with Crippen LogP contribution in [-0.2, 0) is 12.8 Å². The molecule has 6 nitrogen and oxygen atoms in total. The SMILES string of the molecule is Cc1nc2nc3c(c(N4CCN(c5ccccc5F)CC4)n2n1)CCC3.